The van der Waals surface area contributed by atoms with Crippen molar-refractivity contribution in [3.63, 3.8) is 0 Å². The topological polar surface area (TPSA) is 105 Å². The number of anilines is 1. The maximum atomic E-state index is 13.9. The summed E-state index contributed by atoms with van der Waals surface area (Å²) in [6.45, 7) is 1.64. The van der Waals surface area contributed by atoms with Gasteiger partial charge in [-0.05, 0) is 36.8 Å². The van der Waals surface area contributed by atoms with Gasteiger partial charge in [0.1, 0.15) is 17.2 Å². The number of carbonyl (C=O) groups excluding carboxylic acids is 1. The number of pyridine rings is 1. The standard InChI is InChI=1S/C16H14FN5O2/c1-9-6-11(17)10(15(18)21-24)7-12(9)20-16(23)13-8-19-14-4-2-3-5-22(13)14/h2-8,24H,1H3,(H2,18,21)(H,20,23). The number of amidine groups is 1. The van der Waals surface area contributed by atoms with Gasteiger partial charge in [0, 0.05) is 11.9 Å². The van der Waals surface area contributed by atoms with Crippen molar-refractivity contribution < 1.29 is 14.4 Å². The number of aryl methyl sites for hydroxylation is 1. The molecule has 0 aliphatic rings. The number of carbonyl (C=O) groups is 1. The summed E-state index contributed by atoms with van der Waals surface area (Å²) in [5.74, 6) is -1.43. The van der Waals surface area contributed by atoms with Gasteiger partial charge in [0.15, 0.2) is 5.84 Å². The maximum absolute atomic E-state index is 13.9. The lowest BCUT2D eigenvalue weighted by atomic mass is 10.1. The van der Waals surface area contributed by atoms with Crippen molar-refractivity contribution >= 4 is 23.1 Å². The minimum atomic E-state index is -0.643. The fourth-order valence-electron chi connectivity index (χ4n) is 2.34. The van der Waals surface area contributed by atoms with E-state index in [9.17, 15) is 9.18 Å². The molecule has 2 aromatic heterocycles. The molecule has 122 valence electrons. The molecule has 3 rings (SSSR count). The predicted octanol–water partition coefficient (Wildman–Crippen LogP) is 2.13. The Bertz CT molecular complexity index is 964. The van der Waals surface area contributed by atoms with Gasteiger partial charge in [-0.25, -0.2) is 9.37 Å². The van der Waals surface area contributed by atoms with Crippen molar-refractivity contribution in [2.45, 2.75) is 6.92 Å². The average Bonchev–Trinajstić information content (AvgIpc) is 3.00. The number of nitrogens with one attached hydrogen (secondary N) is 1. The van der Waals surface area contributed by atoms with E-state index in [1.807, 2.05) is 6.07 Å². The van der Waals surface area contributed by atoms with E-state index in [1.165, 1.54) is 18.3 Å². The Balaban J connectivity index is 1.97. The van der Waals surface area contributed by atoms with E-state index in [2.05, 4.69) is 15.5 Å². The van der Waals surface area contributed by atoms with Crippen molar-refractivity contribution in [3.05, 3.63) is 65.4 Å². The van der Waals surface area contributed by atoms with Crippen LogP contribution in [0.4, 0.5) is 10.1 Å². The van der Waals surface area contributed by atoms with E-state index in [4.69, 9.17) is 10.9 Å². The summed E-state index contributed by atoms with van der Waals surface area (Å²) >= 11 is 0. The van der Waals surface area contributed by atoms with E-state index in [1.54, 1.807) is 29.7 Å². The van der Waals surface area contributed by atoms with Crippen LogP contribution in [-0.2, 0) is 0 Å². The Hall–Kier alpha value is -3.42. The number of benzene rings is 1. The summed E-state index contributed by atoms with van der Waals surface area (Å²) in [5.41, 5.74) is 7.17. The van der Waals surface area contributed by atoms with Crippen LogP contribution < -0.4 is 11.1 Å². The molecule has 0 unspecified atom stereocenters. The predicted molar refractivity (Wildman–Crippen MR) is 86.8 cm³/mol. The molecule has 24 heavy (non-hydrogen) atoms. The lowest BCUT2D eigenvalue weighted by Crippen LogP contribution is -2.18. The molecule has 0 spiro atoms. The number of hydrogen-bond donors (Lipinski definition) is 3. The second kappa shape index (κ2) is 5.99. The van der Waals surface area contributed by atoms with Crippen LogP contribution in [0, 0.1) is 12.7 Å². The van der Waals surface area contributed by atoms with E-state index in [0.29, 0.717) is 22.6 Å². The highest BCUT2D eigenvalue weighted by Crippen LogP contribution is 2.21. The Morgan fingerprint density at radius 3 is 2.96 bits per heavy atom. The largest absolute Gasteiger partial charge is 0.409 e. The zero-order valence-corrected chi connectivity index (χ0v) is 12.7. The number of rotatable bonds is 3. The van der Waals surface area contributed by atoms with Crippen LogP contribution in [0.2, 0.25) is 0 Å². The summed E-state index contributed by atoms with van der Waals surface area (Å²) in [5, 5.41) is 14.2. The molecule has 8 heteroatoms. The van der Waals surface area contributed by atoms with Crippen LogP contribution in [-0.4, -0.2) is 26.3 Å². The third-order valence-corrected chi connectivity index (χ3v) is 3.60. The molecule has 0 saturated heterocycles. The molecule has 2 heterocycles. The number of imidazole rings is 1. The summed E-state index contributed by atoms with van der Waals surface area (Å²) < 4.78 is 15.5. The Kier molecular flexibility index (Phi) is 3.87. The number of oxime groups is 1. The fraction of sp³-hybridized carbons (Fsp3) is 0.0625. The van der Waals surface area contributed by atoms with Gasteiger partial charge in [0.25, 0.3) is 5.91 Å². The molecule has 0 aliphatic heterocycles. The number of nitrogens with two attached hydrogens (primary N) is 1. The van der Waals surface area contributed by atoms with Crippen molar-refractivity contribution in [2.24, 2.45) is 10.9 Å². The summed E-state index contributed by atoms with van der Waals surface area (Å²) in [4.78, 5) is 16.6. The van der Waals surface area contributed by atoms with Gasteiger partial charge < -0.3 is 16.3 Å². The van der Waals surface area contributed by atoms with E-state index in [-0.39, 0.29) is 11.4 Å². The van der Waals surface area contributed by atoms with Crippen molar-refractivity contribution in [3.8, 4) is 0 Å². The van der Waals surface area contributed by atoms with Crippen LogP contribution in [0.1, 0.15) is 21.6 Å². The average molecular weight is 327 g/mol. The quantitative estimate of drug-likeness (QED) is 0.296. The molecule has 0 bridgehead atoms. The molecule has 0 aliphatic carbocycles. The molecule has 0 fully saturated rings. The van der Waals surface area contributed by atoms with Gasteiger partial charge in [0.05, 0.1) is 11.8 Å². The van der Waals surface area contributed by atoms with Crippen LogP contribution >= 0.6 is 0 Å². The number of aromatic nitrogens is 2. The highest BCUT2D eigenvalue weighted by Gasteiger charge is 2.16. The van der Waals surface area contributed by atoms with Gasteiger partial charge >= 0.3 is 0 Å². The van der Waals surface area contributed by atoms with Gasteiger partial charge in [-0.15, -0.1) is 0 Å². The van der Waals surface area contributed by atoms with Gasteiger partial charge in [-0.3, -0.25) is 9.20 Å². The SMILES string of the molecule is Cc1cc(F)c(C(N)=NO)cc1NC(=O)c1cnc2ccccn12. The molecular formula is C16H14FN5O2. The molecule has 1 amide bonds. The molecule has 0 radical (unpaired) electrons. The normalized spacial score (nSPS) is 11.7. The van der Waals surface area contributed by atoms with E-state index < -0.39 is 11.7 Å². The Morgan fingerprint density at radius 2 is 2.21 bits per heavy atom. The van der Waals surface area contributed by atoms with E-state index >= 15 is 0 Å². The smallest absolute Gasteiger partial charge is 0.274 e. The first-order valence-electron chi connectivity index (χ1n) is 7.02. The molecular weight excluding hydrogens is 313 g/mol. The molecule has 4 N–H and O–H groups in total. The number of halogens is 1. The monoisotopic (exact) mass is 327 g/mol. The first-order valence-corrected chi connectivity index (χ1v) is 7.02. The Morgan fingerprint density at radius 1 is 1.42 bits per heavy atom. The van der Waals surface area contributed by atoms with Crippen molar-refractivity contribution in [1.82, 2.24) is 9.38 Å². The first kappa shape index (κ1) is 15.5. The third kappa shape index (κ3) is 2.65. The lowest BCUT2D eigenvalue weighted by molar-refractivity contribution is 0.102. The highest BCUT2D eigenvalue weighted by atomic mass is 19.1. The Labute approximate surface area is 136 Å². The van der Waals surface area contributed by atoms with Gasteiger partial charge in [0.2, 0.25) is 0 Å². The summed E-state index contributed by atoms with van der Waals surface area (Å²) in [7, 11) is 0. The van der Waals surface area contributed by atoms with Crippen LogP contribution in [0.3, 0.4) is 0 Å². The number of hydrogen-bond acceptors (Lipinski definition) is 4. The zero-order valence-electron chi connectivity index (χ0n) is 12.7. The highest BCUT2D eigenvalue weighted by molar-refractivity contribution is 6.05. The van der Waals surface area contributed by atoms with Crippen molar-refractivity contribution in [1.29, 1.82) is 0 Å². The van der Waals surface area contributed by atoms with Crippen LogP contribution in [0.15, 0.2) is 47.9 Å². The maximum Gasteiger partial charge on any atom is 0.274 e. The molecule has 0 saturated carbocycles. The fourth-order valence-corrected chi connectivity index (χ4v) is 2.34. The summed E-state index contributed by atoms with van der Waals surface area (Å²) in [6.07, 6.45) is 3.17. The third-order valence-electron chi connectivity index (χ3n) is 3.60. The second-order valence-corrected chi connectivity index (χ2v) is 5.16. The zero-order chi connectivity index (χ0) is 17.3. The first-order chi connectivity index (χ1) is 11.5. The minimum absolute atomic E-state index is 0.100. The van der Waals surface area contributed by atoms with Crippen LogP contribution in [0.5, 0.6) is 0 Å². The number of nitrogens with zero attached hydrogens (tertiary/aromatic N) is 3. The second-order valence-electron chi connectivity index (χ2n) is 5.16. The molecule has 0 atom stereocenters. The van der Waals surface area contributed by atoms with Gasteiger partial charge in [-0.1, -0.05) is 11.2 Å². The van der Waals surface area contributed by atoms with E-state index in [0.717, 1.165) is 0 Å². The number of amides is 1. The van der Waals surface area contributed by atoms with Crippen LogP contribution in [0.25, 0.3) is 5.65 Å². The minimum Gasteiger partial charge on any atom is -0.409 e. The molecule has 7 nitrogen and oxygen atoms in total. The lowest BCUT2D eigenvalue weighted by Gasteiger charge is -2.11. The summed E-state index contributed by atoms with van der Waals surface area (Å²) in [6, 6.07) is 7.90. The molecule has 3 aromatic rings. The number of fused-ring (bicyclic) bond motifs is 1. The van der Waals surface area contributed by atoms with Crippen molar-refractivity contribution in [2.75, 3.05) is 5.32 Å². The molecule has 1 aromatic carbocycles. The van der Waals surface area contributed by atoms with Gasteiger partial charge in [-0.2, -0.15) is 0 Å².